The lowest BCUT2D eigenvalue weighted by Crippen LogP contribution is -2.37. The number of nitrogens with zero attached hydrogens (tertiary/aromatic N) is 3. The molecule has 0 aliphatic carbocycles. The molecule has 4 rings (SSSR count). The topological polar surface area (TPSA) is 116 Å². The van der Waals surface area contributed by atoms with Crippen molar-refractivity contribution in [1.29, 1.82) is 0 Å². The van der Waals surface area contributed by atoms with Gasteiger partial charge in [-0.15, -0.1) is 0 Å². The Labute approximate surface area is 184 Å². The minimum absolute atomic E-state index is 0.0850. The van der Waals surface area contributed by atoms with Crippen molar-refractivity contribution in [2.45, 2.75) is 6.92 Å². The van der Waals surface area contributed by atoms with Crippen LogP contribution in [0.15, 0.2) is 39.5 Å². The molecular weight excluding hydrogens is 416 g/mol. The van der Waals surface area contributed by atoms with Crippen LogP contribution in [0.5, 0.6) is 11.6 Å². The third-order valence-corrected chi connectivity index (χ3v) is 4.96. The van der Waals surface area contributed by atoms with Gasteiger partial charge in [0.15, 0.2) is 11.3 Å². The van der Waals surface area contributed by atoms with Gasteiger partial charge in [-0.25, -0.2) is 9.78 Å². The van der Waals surface area contributed by atoms with E-state index in [0.29, 0.717) is 41.6 Å². The number of para-hydroxylation sites is 1. The maximum Gasteiger partial charge on any atom is 0.349 e. The van der Waals surface area contributed by atoms with Crippen LogP contribution in [-0.4, -0.2) is 62.4 Å². The fourth-order valence-electron chi connectivity index (χ4n) is 3.41. The molecule has 3 heterocycles. The Morgan fingerprint density at radius 2 is 2.03 bits per heavy atom. The second kappa shape index (κ2) is 9.65. The molecule has 0 unspecified atom stereocenters. The van der Waals surface area contributed by atoms with Crippen molar-refractivity contribution in [3.63, 3.8) is 0 Å². The predicted octanol–water partition coefficient (Wildman–Crippen LogP) is 1.55. The number of nitrogens with one attached hydrogen (secondary N) is 1. The van der Waals surface area contributed by atoms with Crippen LogP contribution in [0, 0.1) is 6.92 Å². The first-order valence-corrected chi connectivity index (χ1v) is 10.3. The number of hydrogen-bond donors (Lipinski definition) is 1. The summed E-state index contributed by atoms with van der Waals surface area (Å²) < 4.78 is 21.5. The van der Waals surface area contributed by atoms with Gasteiger partial charge in [0.2, 0.25) is 5.88 Å². The summed E-state index contributed by atoms with van der Waals surface area (Å²) in [5.74, 6) is 1.68. The molecule has 32 heavy (non-hydrogen) atoms. The molecule has 10 heteroatoms. The third-order valence-electron chi connectivity index (χ3n) is 4.96. The van der Waals surface area contributed by atoms with E-state index in [1.165, 1.54) is 13.2 Å². The lowest BCUT2D eigenvalue weighted by atomic mass is 10.1. The minimum atomic E-state index is -0.734. The highest BCUT2D eigenvalue weighted by Gasteiger charge is 2.16. The SMILES string of the molecule is COc1cccc2cc(C(=O)NCCOc3cc(N4CCOCC4)nc(C)n3)c(=O)oc12. The Kier molecular flexibility index (Phi) is 6.50. The van der Waals surface area contributed by atoms with Gasteiger partial charge in [0, 0.05) is 24.5 Å². The predicted molar refractivity (Wildman–Crippen MR) is 117 cm³/mol. The average molecular weight is 440 g/mol. The van der Waals surface area contributed by atoms with Gasteiger partial charge in [-0.05, 0) is 19.1 Å². The van der Waals surface area contributed by atoms with E-state index < -0.39 is 11.5 Å². The van der Waals surface area contributed by atoms with E-state index in [1.807, 2.05) is 0 Å². The van der Waals surface area contributed by atoms with Crippen LogP contribution in [-0.2, 0) is 4.74 Å². The Hall–Kier alpha value is -3.66. The van der Waals surface area contributed by atoms with E-state index in [0.717, 1.165) is 18.9 Å². The second-order valence-electron chi connectivity index (χ2n) is 7.14. The first-order chi connectivity index (χ1) is 15.5. The molecule has 10 nitrogen and oxygen atoms in total. The molecule has 2 aromatic heterocycles. The van der Waals surface area contributed by atoms with Gasteiger partial charge in [0.25, 0.3) is 5.91 Å². The molecule has 1 N–H and O–H groups in total. The third kappa shape index (κ3) is 4.80. The molecule has 1 fully saturated rings. The number of ether oxygens (including phenoxy) is 3. The summed E-state index contributed by atoms with van der Waals surface area (Å²) in [6.07, 6.45) is 0. The minimum Gasteiger partial charge on any atom is -0.493 e. The molecule has 1 amide bonds. The summed E-state index contributed by atoms with van der Waals surface area (Å²) >= 11 is 0. The maximum atomic E-state index is 12.5. The zero-order chi connectivity index (χ0) is 22.5. The Balaban J connectivity index is 1.37. The standard InChI is InChI=1S/C22H24N4O6/c1-14-24-18(26-7-10-30-11-8-26)13-19(25-14)31-9-6-23-21(27)16-12-15-4-3-5-17(29-2)20(15)32-22(16)28/h3-5,12-13H,6-11H2,1-2H3,(H,23,27). The zero-order valence-corrected chi connectivity index (χ0v) is 17.9. The number of morpholine rings is 1. The van der Waals surface area contributed by atoms with Crippen molar-refractivity contribution in [3.05, 3.63) is 52.1 Å². The first-order valence-electron chi connectivity index (χ1n) is 10.3. The number of anilines is 1. The number of rotatable bonds is 7. The van der Waals surface area contributed by atoms with E-state index in [4.69, 9.17) is 18.6 Å². The summed E-state index contributed by atoms with van der Waals surface area (Å²) in [5, 5.41) is 3.27. The molecule has 0 atom stereocenters. The number of aryl methyl sites for hydroxylation is 1. The monoisotopic (exact) mass is 440 g/mol. The molecule has 0 saturated carbocycles. The molecule has 1 aliphatic heterocycles. The van der Waals surface area contributed by atoms with Gasteiger partial charge in [-0.2, -0.15) is 4.98 Å². The van der Waals surface area contributed by atoms with Crippen LogP contribution in [0.1, 0.15) is 16.2 Å². The van der Waals surface area contributed by atoms with Gasteiger partial charge in [-0.1, -0.05) is 12.1 Å². The number of carbonyl (C=O) groups excluding carboxylic acids is 1. The molecule has 0 bridgehead atoms. The van der Waals surface area contributed by atoms with E-state index >= 15 is 0 Å². The van der Waals surface area contributed by atoms with Crippen molar-refractivity contribution < 1.29 is 23.4 Å². The van der Waals surface area contributed by atoms with Gasteiger partial charge in [-0.3, -0.25) is 4.79 Å². The molecular formula is C22H24N4O6. The lowest BCUT2D eigenvalue weighted by molar-refractivity contribution is 0.0943. The van der Waals surface area contributed by atoms with Gasteiger partial charge < -0.3 is 28.8 Å². The molecule has 0 radical (unpaired) electrons. The summed E-state index contributed by atoms with van der Waals surface area (Å²) in [6.45, 7) is 4.98. The van der Waals surface area contributed by atoms with Crippen molar-refractivity contribution in [2.75, 3.05) is 51.5 Å². The van der Waals surface area contributed by atoms with E-state index in [1.54, 1.807) is 31.2 Å². The zero-order valence-electron chi connectivity index (χ0n) is 17.9. The van der Waals surface area contributed by atoms with Gasteiger partial charge >= 0.3 is 5.63 Å². The number of amides is 1. The highest BCUT2D eigenvalue weighted by atomic mass is 16.5. The Bertz CT molecular complexity index is 1170. The summed E-state index contributed by atoms with van der Waals surface area (Å²) in [7, 11) is 1.48. The fraction of sp³-hybridized carbons (Fsp3) is 0.364. The van der Waals surface area contributed by atoms with Crippen LogP contribution in [0.25, 0.3) is 11.0 Å². The summed E-state index contributed by atoms with van der Waals surface area (Å²) in [4.78, 5) is 35.6. The quantitative estimate of drug-likeness (QED) is 0.431. The van der Waals surface area contributed by atoms with Crippen LogP contribution in [0.4, 0.5) is 5.82 Å². The van der Waals surface area contributed by atoms with Crippen molar-refractivity contribution in [3.8, 4) is 11.6 Å². The number of carbonyl (C=O) groups is 1. The van der Waals surface area contributed by atoms with Crippen LogP contribution < -0.4 is 25.3 Å². The van der Waals surface area contributed by atoms with Crippen LogP contribution in [0.3, 0.4) is 0 Å². The number of aromatic nitrogens is 2. The summed E-state index contributed by atoms with van der Waals surface area (Å²) in [5.41, 5.74) is -0.518. The fourth-order valence-corrected chi connectivity index (χ4v) is 3.41. The number of hydrogen-bond acceptors (Lipinski definition) is 9. The number of fused-ring (bicyclic) bond motifs is 1. The van der Waals surface area contributed by atoms with Gasteiger partial charge in [0.05, 0.1) is 26.9 Å². The molecule has 168 valence electrons. The summed E-state index contributed by atoms with van der Waals surface area (Å²) in [6, 6.07) is 8.44. The van der Waals surface area contributed by atoms with E-state index in [-0.39, 0.29) is 18.7 Å². The normalized spacial score (nSPS) is 13.8. The molecule has 1 aliphatic rings. The molecule has 1 saturated heterocycles. The lowest BCUT2D eigenvalue weighted by Gasteiger charge is -2.28. The van der Waals surface area contributed by atoms with Crippen molar-refractivity contribution in [1.82, 2.24) is 15.3 Å². The largest absolute Gasteiger partial charge is 0.493 e. The van der Waals surface area contributed by atoms with Crippen molar-refractivity contribution in [2.24, 2.45) is 0 Å². The molecule has 0 spiro atoms. The molecule has 1 aromatic carbocycles. The van der Waals surface area contributed by atoms with E-state index in [2.05, 4.69) is 20.2 Å². The average Bonchev–Trinajstić information content (AvgIpc) is 2.81. The second-order valence-corrected chi connectivity index (χ2v) is 7.14. The Morgan fingerprint density at radius 1 is 1.22 bits per heavy atom. The highest BCUT2D eigenvalue weighted by molar-refractivity contribution is 5.97. The number of benzene rings is 1. The van der Waals surface area contributed by atoms with Gasteiger partial charge in [0.1, 0.15) is 23.8 Å². The van der Waals surface area contributed by atoms with E-state index in [9.17, 15) is 9.59 Å². The highest BCUT2D eigenvalue weighted by Crippen LogP contribution is 2.24. The van der Waals surface area contributed by atoms with Crippen LogP contribution >= 0.6 is 0 Å². The first kappa shape index (κ1) is 21.6. The molecule has 3 aromatic rings. The Morgan fingerprint density at radius 3 is 2.81 bits per heavy atom. The number of methoxy groups -OCH3 is 1. The van der Waals surface area contributed by atoms with Crippen molar-refractivity contribution >= 4 is 22.7 Å². The maximum absolute atomic E-state index is 12.5. The van der Waals surface area contributed by atoms with Crippen LogP contribution in [0.2, 0.25) is 0 Å². The smallest absolute Gasteiger partial charge is 0.349 e.